The van der Waals surface area contributed by atoms with Crippen LogP contribution >= 0.6 is 15.4 Å². The van der Waals surface area contributed by atoms with Crippen molar-refractivity contribution in [1.82, 2.24) is 0 Å². The summed E-state index contributed by atoms with van der Waals surface area (Å²) in [6.45, 7) is 15.5. The van der Waals surface area contributed by atoms with Gasteiger partial charge in [-0.15, -0.1) is 0 Å². The second kappa shape index (κ2) is 15.3. The van der Waals surface area contributed by atoms with Crippen molar-refractivity contribution in [3.63, 3.8) is 0 Å². The molecule has 0 aliphatic carbocycles. The number of ether oxygens (including phenoxy) is 2. The Kier molecular flexibility index (Phi) is 14.1. The second-order valence-electron chi connectivity index (χ2n) is 7.46. The standard InChI is InChI=1S/C21H42N2O9P2/c1-9-26-20-17(22-21(27-10-2)19(23-20)16(7)8)15-18(33(24,28-11-3)29-12-4)32-34(25,30-13-5)31-14-6/h16-19H,9-15H2,1-8H3/t17-,18-,19+/m0/s1. The SMILES string of the molecule is CCOC1=N[C@H](C(C)C)C(OCC)=N[C@H]1C[C@@H](OP(=O)(OCC)OCC)P(=O)(OCC)OCC. The molecule has 34 heavy (non-hydrogen) atoms. The van der Waals surface area contributed by atoms with E-state index in [4.69, 9.17) is 42.1 Å². The Morgan fingerprint density at radius 3 is 1.68 bits per heavy atom. The number of hydrogen-bond donors (Lipinski definition) is 0. The van der Waals surface area contributed by atoms with Gasteiger partial charge in [-0.1, -0.05) is 13.8 Å². The van der Waals surface area contributed by atoms with Gasteiger partial charge in [0.15, 0.2) is 5.85 Å². The van der Waals surface area contributed by atoms with E-state index in [0.717, 1.165) is 0 Å². The number of phosphoric acid groups is 1. The van der Waals surface area contributed by atoms with E-state index in [1.54, 1.807) is 27.7 Å². The molecule has 0 unspecified atom stereocenters. The highest BCUT2D eigenvalue weighted by Gasteiger charge is 2.46. The minimum absolute atomic E-state index is 0.0648. The molecule has 0 aromatic heterocycles. The number of rotatable bonds is 16. The highest BCUT2D eigenvalue weighted by molar-refractivity contribution is 7.56. The molecule has 13 heteroatoms. The summed E-state index contributed by atoms with van der Waals surface area (Å²) in [7, 11) is -8.00. The fraction of sp³-hybridized carbons (Fsp3) is 0.905. The normalized spacial score (nSPS) is 20.1. The summed E-state index contributed by atoms with van der Waals surface area (Å²) in [5.41, 5.74) is 0. The second-order valence-corrected chi connectivity index (χ2v) is 11.3. The molecule has 1 rings (SSSR count). The molecule has 0 spiro atoms. The molecule has 0 fully saturated rings. The van der Waals surface area contributed by atoms with Gasteiger partial charge < -0.3 is 18.5 Å². The summed E-state index contributed by atoms with van der Waals surface area (Å²) in [5, 5.41) is 0. The van der Waals surface area contributed by atoms with Crippen LogP contribution in [0.15, 0.2) is 9.98 Å². The van der Waals surface area contributed by atoms with Crippen molar-refractivity contribution in [2.75, 3.05) is 39.6 Å². The zero-order valence-electron chi connectivity index (χ0n) is 21.7. The molecule has 11 nitrogen and oxygen atoms in total. The molecule has 0 aromatic carbocycles. The quantitative estimate of drug-likeness (QED) is 0.241. The van der Waals surface area contributed by atoms with Crippen LogP contribution in [0.1, 0.15) is 61.8 Å². The fourth-order valence-electron chi connectivity index (χ4n) is 3.25. The van der Waals surface area contributed by atoms with Crippen LogP contribution in [0.3, 0.4) is 0 Å². The van der Waals surface area contributed by atoms with E-state index >= 15 is 0 Å². The van der Waals surface area contributed by atoms with Crippen LogP contribution in [0.2, 0.25) is 0 Å². The maximum absolute atomic E-state index is 13.8. The van der Waals surface area contributed by atoms with Gasteiger partial charge in [-0.05, 0) is 47.5 Å². The van der Waals surface area contributed by atoms with Gasteiger partial charge in [0.25, 0.3) is 0 Å². The minimum Gasteiger partial charge on any atom is -0.480 e. The first-order valence-electron chi connectivity index (χ1n) is 12.0. The molecule has 0 aromatic rings. The maximum Gasteiger partial charge on any atom is 0.475 e. The molecule has 0 N–H and O–H groups in total. The van der Waals surface area contributed by atoms with Gasteiger partial charge >= 0.3 is 15.4 Å². The first-order chi connectivity index (χ1) is 16.1. The summed E-state index contributed by atoms with van der Waals surface area (Å²) in [5.74, 6) is -0.414. The predicted molar refractivity (Wildman–Crippen MR) is 132 cm³/mol. The topological polar surface area (TPSA) is 123 Å². The summed E-state index contributed by atoms with van der Waals surface area (Å²) in [6.07, 6.45) is -0.0678. The van der Waals surface area contributed by atoms with Crippen molar-refractivity contribution in [2.45, 2.75) is 79.7 Å². The predicted octanol–water partition coefficient (Wildman–Crippen LogP) is 5.44. The summed E-state index contributed by atoms with van der Waals surface area (Å²) < 4.78 is 65.9. The average Bonchev–Trinajstić information content (AvgIpc) is 2.75. The third-order valence-corrected chi connectivity index (χ3v) is 8.61. The van der Waals surface area contributed by atoms with Crippen molar-refractivity contribution in [2.24, 2.45) is 15.9 Å². The van der Waals surface area contributed by atoms with Gasteiger partial charge in [0.05, 0.1) is 39.6 Å². The molecule has 1 aliphatic heterocycles. The van der Waals surface area contributed by atoms with E-state index in [1.807, 2.05) is 27.7 Å². The van der Waals surface area contributed by atoms with E-state index in [2.05, 4.69) is 0 Å². The lowest BCUT2D eigenvalue weighted by Gasteiger charge is -2.32. The lowest BCUT2D eigenvalue weighted by atomic mass is 10.0. The van der Waals surface area contributed by atoms with E-state index in [0.29, 0.717) is 25.0 Å². The molecule has 0 radical (unpaired) electrons. The minimum atomic E-state index is -4.07. The molecule has 0 amide bonds. The molecule has 1 heterocycles. The zero-order chi connectivity index (χ0) is 25.8. The Morgan fingerprint density at radius 1 is 0.735 bits per heavy atom. The Bertz CT molecular complexity index is 741. The van der Waals surface area contributed by atoms with Gasteiger partial charge in [-0.2, -0.15) is 0 Å². The average molecular weight is 529 g/mol. The van der Waals surface area contributed by atoms with Gasteiger partial charge in [0, 0.05) is 6.42 Å². The molecular weight excluding hydrogens is 486 g/mol. The lowest BCUT2D eigenvalue weighted by molar-refractivity contribution is 0.0847. The van der Waals surface area contributed by atoms with Gasteiger partial charge in [0.2, 0.25) is 11.8 Å². The number of nitrogens with zero attached hydrogens (tertiary/aromatic N) is 2. The summed E-state index contributed by atoms with van der Waals surface area (Å²) in [4.78, 5) is 9.45. The van der Waals surface area contributed by atoms with Crippen LogP contribution in [0, 0.1) is 5.92 Å². The molecule has 1 aliphatic rings. The lowest BCUT2D eigenvalue weighted by Crippen LogP contribution is -2.40. The van der Waals surface area contributed by atoms with Crippen molar-refractivity contribution >= 4 is 27.2 Å². The Hall–Kier alpha value is -0.800. The zero-order valence-corrected chi connectivity index (χ0v) is 23.5. The van der Waals surface area contributed by atoms with Crippen molar-refractivity contribution < 1.29 is 41.2 Å². The number of phosphoric ester groups is 1. The first-order valence-corrected chi connectivity index (χ1v) is 15.1. The number of aliphatic imine (C=N–C) groups is 2. The molecule has 0 bridgehead atoms. The van der Waals surface area contributed by atoms with Crippen molar-refractivity contribution in [1.29, 1.82) is 0 Å². The van der Waals surface area contributed by atoms with Crippen LogP contribution < -0.4 is 0 Å². The smallest absolute Gasteiger partial charge is 0.475 e. The Labute approximate surface area is 204 Å². The highest BCUT2D eigenvalue weighted by atomic mass is 31.2. The largest absolute Gasteiger partial charge is 0.480 e. The van der Waals surface area contributed by atoms with Crippen LogP contribution in [0.25, 0.3) is 0 Å². The molecule has 3 atom stereocenters. The van der Waals surface area contributed by atoms with Crippen LogP contribution in [-0.2, 0) is 41.2 Å². The van der Waals surface area contributed by atoms with E-state index in [9.17, 15) is 9.13 Å². The van der Waals surface area contributed by atoms with Crippen LogP contribution in [-0.4, -0.2) is 69.4 Å². The van der Waals surface area contributed by atoms with Gasteiger partial charge in [-0.3, -0.25) is 18.1 Å². The molecule has 0 saturated carbocycles. The van der Waals surface area contributed by atoms with Crippen LogP contribution in [0.4, 0.5) is 0 Å². The van der Waals surface area contributed by atoms with Crippen molar-refractivity contribution in [3.8, 4) is 0 Å². The Balaban J connectivity index is 3.48. The monoisotopic (exact) mass is 528 g/mol. The molecule has 200 valence electrons. The number of hydrogen-bond acceptors (Lipinski definition) is 11. The Morgan fingerprint density at radius 2 is 1.24 bits per heavy atom. The van der Waals surface area contributed by atoms with Crippen molar-refractivity contribution in [3.05, 3.63) is 0 Å². The molecular formula is C21H42N2O9P2. The third-order valence-electron chi connectivity index (χ3n) is 4.52. The highest BCUT2D eigenvalue weighted by Crippen LogP contribution is 2.62. The van der Waals surface area contributed by atoms with E-state index < -0.39 is 27.3 Å². The maximum atomic E-state index is 13.8. The van der Waals surface area contributed by atoms with Gasteiger partial charge in [0.1, 0.15) is 12.1 Å². The van der Waals surface area contributed by atoms with E-state index in [1.165, 1.54) is 0 Å². The van der Waals surface area contributed by atoms with Crippen LogP contribution in [0.5, 0.6) is 0 Å². The fourth-order valence-corrected chi connectivity index (χ4v) is 6.86. The first kappa shape index (κ1) is 31.2. The molecule has 0 saturated heterocycles. The van der Waals surface area contributed by atoms with E-state index in [-0.39, 0.29) is 44.8 Å². The van der Waals surface area contributed by atoms with Gasteiger partial charge in [-0.25, -0.2) is 14.5 Å². The summed E-state index contributed by atoms with van der Waals surface area (Å²) in [6, 6.07) is -1.05. The third kappa shape index (κ3) is 9.01. The summed E-state index contributed by atoms with van der Waals surface area (Å²) >= 11 is 0.